The third kappa shape index (κ3) is 3.82. The number of nitrogens with one attached hydrogen (secondary N) is 1. The molecule has 1 aromatic heterocycles. The van der Waals surface area contributed by atoms with Crippen LogP contribution in [-0.2, 0) is 0 Å². The van der Waals surface area contributed by atoms with Gasteiger partial charge in [0.25, 0.3) is 5.91 Å². The van der Waals surface area contributed by atoms with Gasteiger partial charge >= 0.3 is 0 Å². The molecule has 0 saturated carbocycles. The fourth-order valence-corrected chi connectivity index (χ4v) is 1.40. The highest BCUT2D eigenvalue weighted by atomic mass is 16.4. The maximum atomic E-state index is 11.7. The van der Waals surface area contributed by atoms with Crippen molar-refractivity contribution in [1.82, 2.24) is 5.32 Å². The number of hydrogen-bond acceptors (Lipinski definition) is 4. The van der Waals surface area contributed by atoms with E-state index in [0.717, 1.165) is 0 Å². The van der Waals surface area contributed by atoms with Gasteiger partial charge in [-0.15, -0.1) is 0 Å². The van der Waals surface area contributed by atoms with Crippen molar-refractivity contribution in [3.8, 4) is 0 Å². The Hall–Kier alpha value is -1.98. The van der Waals surface area contributed by atoms with Gasteiger partial charge in [-0.2, -0.15) is 0 Å². The third-order valence-corrected chi connectivity index (χ3v) is 2.38. The topological polar surface area (TPSA) is 101 Å². The highest BCUT2D eigenvalue weighted by Crippen LogP contribution is 2.07. The van der Waals surface area contributed by atoms with E-state index in [1.807, 2.05) is 6.92 Å². The van der Waals surface area contributed by atoms with Crippen LogP contribution in [-0.4, -0.2) is 23.0 Å². The maximum Gasteiger partial charge on any atom is 0.287 e. The Balaban J connectivity index is 2.59. The molecule has 0 radical (unpaired) electrons. The van der Waals surface area contributed by atoms with Crippen LogP contribution in [0, 0.1) is 6.92 Å². The summed E-state index contributed by atoms with van der Waals surface area (Å²) in [6.45, 7) is 3.67. The first-order valence-electron chi connectivity index (χ1n) is 5.40. The van der Waals surface area contributed by atoms with Gasteiger partial charge in [-0.1, -0.05) is 12.1 Å². The monoisotopic (exact) mass is 239 g/mol. The lowest BCUT2D eigenvalue weighted by atomic mass is 10.1. The largest absolute Gasteiger partial charge is 0.456 e. The van der Waals surface area contributed by atoms with Crippen molar-refractivity contribution in [3.05, 3.63) is 23.7 Å². The van der Waals surface area contributed by atoms with Crippen LogP contribution in [0.5, 0.6) is 0 Å². The molecule has 1 rings (SSSR count). The first-order chi connectivity index (χ1) is 8.06. The number of rotatable bonds is 5. The van der Waals surface area contributed by atoms with Crippen LogP contribution >= 0.6 is 0 Å². The highest BCUT2D eigenvalue weighted by Gasteiger charge is 2.16. The molecule has 94 valence electrons. The summed E-state index contributed by atoms with van der Waals surface area (Å²) in [6.07, 6.45) is 0.986. The number of hydrogen-bond donors (Lipinski definition) is 3. The Morgan fingerprint density at radius 2 is 2.35 bits per heavy atom. The van der Waals surface area contributed by atoms with E-state index in [4.69, 9.17) is 15.4 Å². The molecule has 0 aliphatic heterocycles. The summed E-state index contributed by atoms with van der Waals surface area (Å²) in [6, 6.07) is 3.16. The summed E-state index contributed by atoms with van der Waals surface area (Å²) in [4.78, 5) is 11.7. The molecular formula is C11H17N3O3. The van der Waals surface area contributed by atoms with Gasteiger partial charge in [0.05, 0.1) is 0 Å². The standard InChI is InChI=1S/C11H17N3O3/c1-3-8(6-10(12)14-16)13-11(15)9-5-4-7(2)17-9/h4-5,8,16H,3,6H2,1-2H3,(H2,12,14)(H,13,15). The van der Waals surface area contributed by atoms with Crippen molar-refractivity contribution >= 4 is 11.7 Å². The molecule has 0 aromatic carbocycles. The molecule has 6 nitrogen and oxygen atoms in total. The summed E-state index contributed by atoms with van der Waals surface area (Å²) in [5.74, 6) is 0.739. The summed E-state index contributed by atoms with van der Waals surface area (Å²) in [5.41, 5.74) is 5.39. The molecule has 0 aliphatic rings. The van der Waals surface area contributed by atoms with Crippen molar-refractivity contribution in [1.29, 1.82) is 0 Å². The SMILES string of the molecule is CCC(CC(N)=NO)NC(=O)c1ccc(C)o1. The molecule has 1 aromatic rings. The molecule has 4 N–H and O–H groups in total. The molecule has 1 heterocycles. The molecule has 0 bridgehead atoms. The maximum absolute atomic E-state index is 11.7. The number of carbonyl (C=O) groups is 1. The lowest BCUT2D eigenvalue weighted by Gasteiger charge is -2.14. The second kappa shape index (κ2) is 5.93. The summed E-state index contributed by atoms with van der Waals surface area (Å²) < 4.78 is 5.20. The van der Waals surface area contributed by atoms with Crippen LogP contribution in [0.1, 0.15) is 36.1 Å². The number of amides is 1. The highest BCUT2D eigenvalue weighted by molar-refractivity contribution is 5.92. The number of nitrogens with zero attached hydrogens (tertiary/aromatic N) is 1. The van der Waals surface area contributed by atoms with E-state index in [2.05, 4.69) is 10.5 Å². The summed E-state index contributed by atoms with van der Waals surface area (Å²) in [5, 5.41) is 14.1. The van der Waals surface area contributed by atoms with E-state index in [0.29, 0.717) is 18.6 Å². The number of aryl methyl sites for hydroxylation is 1. The summed E-state index contributed by atoms with van der Waals surface area (Å²) >= 11 is 0. The lowest BCUT2D eigenvalue weighted by Crippen LogP contribution is -2.37. The van der Waals surface area contributed by atoms with E-state index < -0.39 is 0 Å². The molecule has 0 spiro atoms. The van der Waals surface area contributed by atoms with E-state index in [-0.39, 0.29) is 23.5 Å². The lowest BCUT2D eigenvalue weighted by molar-refractivity contribution is 0.0907. The second-order valence-corrected chi connectivity index (χ2v) is 3.78. The quantitative estimate of drug-likeness (QED) is 0.311. The van der Waals surface area contributed by atoms with Crippen molar-refractivity contribution in [3.63, 3.8) is 0 Å². The van der Waals surface area contributed by atoms with Gasteiger partial charge in [0, 0.05) is 12.5 Å². The van der Waals surface area contributed by atoms with E-state index in [1.54, 1.807) is 19.1 Å². The number of carbonyl (C=O) groups excluding carboxylic acids is 1. The fourth-order valence-electron chi connectivity index (χ4n) is 1.40. The Bertz CT molecular complexity index is 412. The van der Waals surface area contributed by atoms with Crippen LogP contribution in [0.2, 0.25) is 0 Å². The van der Waals surface area contributed by atoms with Gasteiger partial charge in [-0.3, -0.25) is 4.79 Å². The zero-order chi connectivity index (χ0) is 12.8. The van der Waals surface area contributed by atoms with Crippen LogP contribution in [0.15, 0.2) is 21.7 Å². The van der Waals surface area contributed by atoms with Crippen LogP contribution < -0.4 is 11.1 Å². The van der Waals surface area contributed by atoms with Gasteiger partial charge < -0.3 is 20.7 Å². The number of nitrogens with two attached hydrogens (primary N) is 1. The van der Waals surface area contributed by atoms with Crippen LogP contribution in [0.25, 0.3) is 0 Å². The number of furan rings is 1. The van der Waals surface area contributed by atoms with Gasteiger partial charge in [-0.25, -0.2) is 0 Å². The fraction of sp³-hybridized carbons (Fsp3) is 0.455. The molecular weight excluding hydrogens is 222 g/mol. The Kier molecular flexibility index (Phi) is 4.56. The smallest absolute Gasteiger partial charge is 0.287 e. The zero-order valence-corrected chi connectivity index (χ0v) is 9.93. The molecule has 1 atom stereocenters. The molecule has 17 heavy (non-hydrogen) atoms. The Morgan fingerprint density at radius 1 is 1.65 bits per heavy atom. The van der Waals surface area contributed by atoms with Gasteiger partial charge in [0.2, 0.25) is 0 Å². The van der Waals surface area contributed by atoms with Gasteiger partial charge in [0.1, 0.15) is 11.6 Å². The van der Waals surface area contributed by atoms with Gasteiger partial charge in [-0.05, 0) is 25.5 Å². The molecule has 6 heteroatoms. The second-order valence-electron chi connectivity index (χ2n) is 3.78. The van der Waals surface area contributed by atoms with Crippen molar-refractivity contribution in [2.45, 2.75) is 32.7 Å². The van der Waals surface area contributed by atoms with E-state index in [9.17, 15) is 4.79 Å². The van der Waals surface area contributed by atoms with Crippen LogP contribution in [0.3, 0.4) is 0 Å². The number of oxime groups is 1. The predicted molar refractivity (Wildman–Crippen MR) is 63.0 cm³/mol. The van der Waals surface area contributed by atoms with E-state index >= 15 is 0 Å². The van der Waals surface area contributed by atoms with Crippen LogP contribution in [0.4, 0.5) is 0 Å². The van der Waals surface area contributed by atoms with E-state index in [1.165, 1.54) is 0 Å². The normalized spacial score (nSPS) is 13.4. The molecule has 0 aliphatic carbocycles. The van der Waals surface area contributed by atoms with Crippen molar-refractivity contribution in [2.75, 3.05) is 0 Å². The minimum absolute atomic E-state index is 0.0905. The molecule has 0 fully saturated rings. The minimum atomic E-state index is -0.296. The first kappa shape index (κ1) is 13.1. The minimum Gasteiger partial charge on any atom is -0.456 e. The molecule has 1 amide bonds. The average Bonchev–Trinajstić information content (AvgIpc) is 2.74. The Morgan fingerprint density at radius 3 is 2.82 bits per heavy atom. The van der Waals surface area contributed by atoms with Crippen molar-refractivity contribution in [2.24, 2.45) is 10.9 Å². The van der Waals surface area contributed by atoms with Gasteiger partial charge in [0.15, 0.2) is 5.76 Å². The average molecular weight is 239 g/mol. The predicted octanol–water partition coefficient (Wildman–Crippen LogP) is 1.23. The number of amidine groups is 1. The zero-order valence-electron chi connectivity index (χ0n) is 9.93. The molecule has 1 unspecified atom stereocenters. The molecule has 0 saturated heterocycles. The summed E-state index contributed by atoms with van der Waals surface area (Å²) in [7, 11) is 0. The third-order valence-electron chi connectivity index (χ3n) is 2.38. The van der Waals surface area contributed by atoms with Crippen molar-refractivity contribution < 1.29 is 14.4 Å². The first-order valence-corrected chi connectivity index (χ1v) is 5.40. The Labute approximate surface area is 99.5 Å².